The van der Waals surface area contributed by atoms with E-state index >= 15 is 0 Å². The average molecular weight is 462 g/mol. The van der Waals surface area contributed by atoms with E-state index in [1.54, 1.807) is 24.3 Å². The minimum absolute atomic E-state index is 0.200. The highest BCUT2D eigenvalue weighted by molar-refractivity contribution is 5.89. The molecule has 0 spiro atoms. The topological polar surface area (TPSA) is 83.5 Å². The summed E-state index contributed by atoms with van der Waals surface area (Å²) < 4.78 is 29.7. The molecule has 6 atom stereocenters. The summed E-state index contributed by atoms with van der Waals surface area (Å²) in [6.45, 7) is 0.426. The van der Waals surface area contributed by atoms with Gasteiger partial charge < -0.3 is 28.8 Å². The van der Waals surface area contributed by atoms with E-state index in [1.165, 1.54) is 0 Å². The van der Waals surface area contributed by atoms with E-state index < -0.39 is 43.0 Å². The van der Waals surface area contributed by atoms with Gasteiger partial charge in [-0.15, -0.1) is 0 Å². The van der Waals surface area contributed by atoms with Crippen LogP contribution >= 0.6 is 0 Å². The predicted molar refractivity (Wildman–Crippen MR) is 122 cm³/mol. The first-order chi connectivity index (χ1) is 16.7. The lowest BCUT2D eigenvalue weighted by Gasteiger charge is -2.47. The molecule has 2 aliphatic rings. The van der Waals surface area contributed by atoms with Gasteiger partial charge in [0.1, 0.15) is 18.3 Å². The molecule has 0 radical (unpaired) electrons. The molecule has 7 heteroatoms. The van der Waals surface area contributed by atoms with Crippen LogP contribution in [0.2, 0.25) is 0 Å². The number of ether oxygens (including phenoxy) is 5. The Labute approximate surface area is 197 Å². The highest BCUT2D eigenvalue weighted by Crippen LogP contribution is 2.35. The molecule has 34 heavy (non-hydrogen) atoms. The van der Waals surface area contributed by atoms with Crippen LogP contribution in [0, 0.1) is 0 Å². The molecule has 3 aromatic rings. The molecular formula is C27H26O7. The number of rotatable bonds is 6. The molecule has 1 N–H and O–H groups in total. The Hall–Kier alpha value is -3.07. The van der Waals surface area contributed by atoms with Crippen LogP contribution in [-0.4, -0.2) is 48.4 Å². The zero-order valence-corrected chi connectivity index (χ0v) is 18.4. The highest BCUT2D eigenvalue weighted by atomic mass is 16.8. The van der Waals surface area contributed by atoms with E-state index in [1.807, 2.05) is 66.7 Å². The molecular weight excluding hydrogens is 436 g/mol. The summed E-state index contributed by atoms with van der Waals surface area (Å²) in [6, 6.07) is 27.6. The first kappa shape index (κ1) is 22.7. The first-order valence-corrected chi connectivity index (χ1v) is 11.3. The molecule has 176 valence electrons. The van der Waals surface area contributed by atoms with Crippen molar-refractivity contribution in [2.45, 2.75) is 43.6 Å². The quantitative estimate of drug-likeness (QED) is 0.560. The summed E-state index contributed by atoms with van der Waals surface area (Å²) in [6.07, 6.45) is -5.27. The second kappa shape index (κ2) is 10.5. The molecule has 2 aliphatic heterocycles. The van der Waals surface area contributed by atoms with Crippen LogP contribution in [0.25, 0.3) is 0 Å². The lowest BCUT2D eigenvalue weighted by Crippen LogP contribution is -2.63. The zero-order chi connectivity index (χ0) is 23.3. The number of carbonyl (C=O) groups excluding carboxylic acids is 1. The van der Waals surface area contributed by atoms with Crippen molar-refractivity contribution in [1.82, 2.24) is 0 Å². The Morgan fingerprint density at radius 1 is 0.882 bits per heavy atom. The number of hydrogen-bond donors (Lipinski definition) is 1. The molecule has 0 amide bonds. The Kier molecular flexibility index (Phi) is 6.99. The number of hydrogen-bond acceptors (Lipinski definition) is 7. The van der Waals surface area contributed by atoms with Crippen LogP contribution in [0.5, 0.6) is 0 Å². The van der Waals surface area contributed by atoms with Crippen LogP contribution in [-0.2, 0) is 30.3 Å². The van der Waals surface area contributed by atoms with Crippen molar-refractivity contribution >= 4 is 5.97 Å². The third-order valence-corrected chi connectivity index (χ3v) is 5.89. The van der Waals surface area contributed by atoms with E-state index in [2.05, 4.69) is 0 Å². The van der Waals surface area contributed by atoms with Crippen molar-refractivity contribution in [3.63, 3.8) is 0 Å². The van der Waals surface area contributed by atoms with Crippen molar-refractivity contribution in [3.8, 4) is 0 Å². The largest absolute Gasteiger partial charge is 0.450 e. The van der Waals surface area contributed by atoms with Gasteiger partial charge >= 0.3 is 5.97 Å². The van der Waals surface area contributed by atoms with Gasteiger partial charge in [0.15, 0.2) is 18.7 Å². The number of aliphatic hydroxyl groups is 1. The average Bonchev–Trinajstić information content (AvgIpc) is 2.90. The summed E-state index contributed by atoms with van der Waals surface area (Å²) in [5, 5.41) is 11.3. The van der Waals surface area contributed by atoms with E-state index in [4.69, 9.17) is 23.7 Å². The van der Waals surface area contributed by atoms with Crippen LogP contribution in [0.1, 0.15) is 27.8 Å². The van der Waals surface area contributed by atoms with Gasteiger partial charge in [-0.05, 0) is 17.7 Å². The molecule has 2 saturated heterocycles. The fourth-order valence-corrected chi connectivity index (χ4v) is 4.12. The summed E-state index contributed by atoms with van der Waals surface area (Å²) >= 11 is 0. The second-order valence-corrected chi connectivity index (χ2v) is 8.24. The summed E-state index contributed by atoms with van der Waals surface area (Å²) in [5.74, 6) is -0.577. The molecule has 7 nitrogen and oxygen atoms in total. The van der Waals surface area contributed by atoms with Crippen LogP contribution in [0.3, 0.4) is 0 Å². The van der Waals surface area contributed by atoms with Gasteiger partial charge in [-0.25, -0.2) is 4.79 Å². The van der Waals surface area contributed by atoms with Gasteiger partial charge in [0.05, 0.1) is 18.8 Å². The van der Waals surface area contributed by atoms with Crippen molar-refractivity contribution in [2.24, 2.45) is 0 Å². The monoisotopic (exact) mass is 462 g/mol. The predicted octanol–water partition coefficient (Wildman–Crippen LogP) is 3.63. The minimum Gasteiger partial charge on any atom is -0.450 e. The van der Waals surface area contributed by atoms with Crippen molar-refractivity contribution < 1.29 is 33.6 Å². The van der Waals surface area contributed by atoms with Gasteiger partial charge in [0.25, 0.3) is 0 Å². The van der Waals surface area contributed by atoms with E-state index in [9.17, 15) is 9.90 Å². The Morgan fingerprint density at radius 2 is 1.53 bits per heavy atom. The Balaban J connectivity index is 1.35. The maximum Gasteiger partial charge on any atom is 0.338 e. The maximum atomic E-state index is 12.8. The third-order valence-electron chi connectivity index (χ3n) is 5.89. The SMILES string of the molecule is O=C(O[C@H]1[C@@H](OCc2ccccc2)O[C@@H]2CO[C@@H](c3ccccc3)O[C@H]2[C@@H]1O)c1ccccc1. The van der Waals surface area contributed by atoms with Gasteiger partial charge in [0, 0.05) is 5.56 Å². The van der Waals surface area contributed by atoms with E-state index in [0.717, 1.165) is 11.1 Å². The number of aliphatic hydroxyl groups excluding tert-OH is 1. The third kappa shape index (κ3) is 5.04. The molecule has 2 fully saturated rings. The van der Waals surface area contributed by atoms with Crippen LogP contribution in [0.15, 0.2) is 91.0 Å². The van der Waals surface area contributed by atoms with Gasteiger partial charge in [-0.1, -0.05) is 78.9 Å². The van der Waals surface area contributed by atoms with Crippen LogP contribution in [0.4, 0.5) is 0 Å². The summed E-state index contributed by atoms with van der Waals surface area (Å²) in [4.78, 5) is 12.8. The number of esters is 1. The molecule has 0 aromatic heterocycles. The zero-order valence-electron chi connectivity index (χ0n) is 18.4. The Morgan fingerprint density at radius 3 is 2.24 bits per heavy atom. The molecule has 2 heterocycles. The molecule has 3 aromatic carbocycles. The standard InChI is InChI=1S/C27H26O7/c28-22-23-21(17-31-26(34-23)20-14-8-3-9-15-20)32-27(30-16-18-10-4-1-5-11-18)24(22)33-25(29)19-12-6-2-7-13-19/h1-15,21-24,26-28H,16-17H2/t21-,22+,23-,24-,26-,27+/m1/s1. The lowest BCUT2D eigenvalue weighted by atomic mass is 9.97. The van der Waals surface area contributed by atoms with Gasteiger partial charge in [-0.3, -0.25) is 0 Å². The van der Waals surface area contributed by atoms with Crippen LogP contribution < -0.4 is 0 Å². The van der Waals surface area contributed by atoms with Crippen molar-refractivity contribution in [2.75, 3.05) is 6.61 Å². The van der Waals surface area contributed by atoms with E-state index in [-0.39, 0.29) is 13.2 Å². The highest BCUT2D eigenvalue weighted by Gasteiger charge is 2.51. The molecule has 0 saturated carbocycles. The summed E-state index contributed by atoms with van der Waals surface area (Å²) in [7, 11) is 0. The number of carbonyl (C=O) groups is 1. The second-order valence-electron chi connectivity index (χ2n) is 8.24. The number of fused-ring (bicyclic) bond motifs is 1. The fraction of sp³-hybridized carbons (Fsp3) is 0.296. The molecule has 0 bridgehead atoms. The molecule has 0 aliphatic carbocycles. The van der Waals surface area contributed by atoms with E-state index in [0.29, 0.717) is 5.56 Å². The Bertz CT molecular complexity index is 1060. The minimum atomic E-state index is -1.18. The maximum absolute atomic E-state index is 12.8. The summed E-state index contributed by atoms with van der Waals surface area (Å²) in [5.41, 5.74) is 2.12. The smallest absolute Gasteiger partial charge is 0.338 e. The molecule has 0 unspecified atom stereocenters. The van der Waals surface area contributed by atoms with Crippen molar-refractivity contribution in [3.05, 3.63) is 108 Å². The van der Waals surface area contributed by atoms with Crippen molar-refractivity contribution in [1.29, 1.82) is 0 Å². The normalized spacial score (nSPS) is 28.6. The lowest BCUT2D eigenvalue weighted by molar-refractivity contribution is -0.362. The first-order valence-electron chi connectivity index (χ1n) is 11.3. The fourth-order valence-electron chi connectivity index (χ4n) is 4.12. The molecule has 5 rings (SSSR count). The van der Waals surface area contributed by atoms with Gasteiger partial charge in [0.2, 0.25) is 0 Å². The van der Waals surface area contributed by atoms with Gasteiger partial charge in [-0.2, -0.15) is 0 Å². The number of benzene rings is 3.